The van der Waals surface area contributed by atoms with Gasteiger partial charge in [0.2, 0.25) is 0 Å². The molecule has 0 N–H and O–H groups in total. The van der Waals surface area contributed by atoms with Crippen LogP contribution in [-0.4, -0.2) is 19.6 Å². The molecule has 4 nitrogen and oxygen atoms in total. The highest BCUT2D eigenvalue weighted by Crippen LogP contribution is 2.28. The molecule has 0 aromatic carbocycles. The number of halogens is 4. The van der Waals surface area contributed by atoms with Gasteiger partial charge >= 0.3 is 0 Å². The molecule has 8 heteroatoms. The molecular weight excluding hydrogens is 309 g/mol. The number of aromatic nitrogens is 4. The SMILES string of the molecule is FC(F)c1ncc(-c2ccc(Cl)c3ccnn23)nc1Cl. The van der Waals surface area contributed by atoms with Gasteiger partial charge in [-0.25, -0.2) is 23.3 Å². The quantitative estimate of drug-likeness (QED) is 0.717. The molecule has 0 saturated carbocycles. The molecule has 0 atom stereocenters. The Hall–Kier alpha value is -1.79. The molecule has 102 valence electrons. The molecule has 20 heavy (non-hydrogen) atoms. The molecule has 0 bridgehead atoms. The van der Waals surface area contributed by atoms with Crippen LogP contribution in [0, 0.1) is 0 Å². The number of hydrogen-bond acceptors (Lipinski definition) is 3. The summed E-state index contributed by atoms with van der Waals surface area (Å²) in [4.78, 5) is 7.59. The minimum Gasteiger partial charge on any atom is -0.250 e. The molecule has 3 aromatic rings. The van der Waals surface area contributed by atoms with Gasteiger partial charge in [-0.15, -0.1) is 0 Å². The van der Waals surface area contributed by atoms with Crippen LogP contribution in [0.3, 0.4) is 0 Å². The minimum atomic E-state index is -2.76. The topological polar surface area (TPSA) is 43.1 Å². The van der Waals surface area contributed by atoms with Crippen molar-refractivity contribution in [1.29, 1.82) is 0 Å². The van der Waals surface area contributed by atoms with Crippen LogP contribution in [0.25, 0.3) is 16.9 Å². The molecule has 0 amide bonds. The Morgan fingerprint density at radius 3 is 2.65 bits per heavy atom. The standard InChI is InChI=1S/C12H6Cl2F2N4/c13-6-1-2-9(20-8(6)3-4-18-20)7-5-17-10(12(15)16)11(14)19-7/h1-5,12H. The Bertz CT molecular complexity index is 788. The number of fused-ring (bicyclic) bond motifs is 1. The van der Waals surface area contributed by atoms with Gasteiger partial charge in [0.1, 0.15) is 11.4 Å². The fraction of sp³-hybridized carbons (Fsp3) is 0.0833. The smallest absolute Gasteiger partial charge is 0.250 e. The lowest BCUT2D eigenvalue weighted by Crippen LogP contribution is -2.00. The van der Waals surface area contributed by atoms with Crippen LogP contribution in [0.1, 0.15) is 12.1 Å². The van der Waals surface area contributed by atoms with E-state index >= 15 is 0 Å². The summed E-state index contributed by atoms with van der Waals surface area (Å²) in [5.41, 5.74) is 1.04. The Labute approximate surface area is 122 Å². The number of rotatable bonds is 2. The highest BCUT2D eigenvalue weighted by Gasteiger charge is 2.17. The molecule has 0 radical (unpaired) electrons. The zero-order chi connectivity index (χ0) is 14.3. The summed E-state index contributed by atoms with van der Waals surface area (Å²) in [7, 11) is 0. The molecule has 3 heterocycles. The average Bonchev–Trinajstić information content (AvgIpc) is 2.88. The fourth-order valence-corrected chi connectivity index (χ4v) is 2.25. The van der Waals surface area contributed by atoms with Crippen LogP contribution in [0.15, 0.2) is 30.6 Å². The molecule has 0 spiro atoms. The van der Waals surface area contributed by atoms with Gasteiger partial charge in [-0.3, -0.25) is 0 Å². The van der Waals surface area contributed by atoms with Gasteiger partial charge in [0.15, 0.2) is 5.15 Å². The number of alkyl halides is 2. The van der Waals surface area contributed by atoms with Crippen LogP contribution in [0.4, 0.5) is 8.78 Å². The van der Waals surface area contributed by atoms with Gasteiger partial charge in [-0.1, -0.05) is 23.2 Å². The van der Waals surface area contributed by atoms with E-state index in [2.05, 4.69) is 15.1 Å². The number of hydrogen-bond donors (Lipinski definition) is 0. The normalized spacial score (nSPS) is 11.4. The van der Waals surface area contributed by atoms with Crippen molar-refractivity contribution in [3.8, 4) is 11.4 Å². The first kappa shape index (κ1) is 13.2. The molecule has 3 aromatic heterocycles. The third kappa shape index (κ3) is 2.10. The summed E-state index contributed by atoms with van der Waals surface area (Å²) >= 11 is 11.8. The second kappa shape index (κ2) is 4.96. The van der Waals surface area contributed by atoms with E-state index < -0.39 is 12.1 Å². The van der Waals surface area contributed by atoms with E-state index in [-0.39, 0.29) is 5.15 Å². The van der Waals surface area contributed by atoms with Crippen molar-refractivity contribution in [2.45, 2.75) is 6.43 Å². The van der Waals surface area contributed by atoms with E-state index in [9.17, 15) is 8.78 Å². The van der Waals surface area contributed by atoms with Crippen LogP contribution < -0.4 is 0 Å². The Morgan fingerprint density at radius 2 is 1.95 bits per heavy atom. The van der Waals surface area contributed by atoms with Crippen molar-refractivity contribution in [1.82, 2.24) is 19.6 Å². The first-order chi connectivity index (χ1) is 9.58. The lowest BCUT2D eigenvalue weighted by molar-refractivity contribution is 0.145. The number of pyridine rings is 1. The number of nitrogens with zero attached hydrogens (tertiary/aromatic N) is 4. The molecule has 3 rings (SSSR count). The summed E-state index contributed by atoms with van der Waals surface area (Å²) in [6.07, 6.45) is 0.0457. The van der Waals surface area contributed by atoms with Crippen LogP contribution in [0.5, 0.6) is 0 Å². The second-order valence-corrected chi connectivity index (χ2v) is 4.69. The summed E-state index contributed by atoms with van der Waals surface area (Å²) in [6.45, 7) is 0. The third-order valence-corrected chi connectivity index (χ3v) is 3.33. The predicted molar refractivity (Wildman–Crippen MR) is 71.2 cm³/mol. The van der Waals surface area contributed by atoms with Crippen LogP contribution in [0.2, 0.25) is 10.2 Å². The summed E-state index contributed by atoms with van der Waals surface area (Å²) < 4.78 is 26.7. The van der Waals surface area contributed by atoms with Crippen molar-refractivity contribution in [2.24, 2.45) is 0 Å². The lowest BCUT2D eigenvalue weighted by Gasteiger charge is -2.07. The molecule has 0 fully saturated rings. The van der Waals surface area contributed by atoms with E-state index in [0.29, 0.717) is 21.9 Å². The van der Waals surface area contributed by atoms with Crippen molar-refractivity contribution >= 4 is 28.7 Å². The highest BCUT2D eigenvalue weighted by molar-refractivity contribution is 6.33. The van der Waals surface area contributed by atoms with Crippen molar-refractivity contribution in [3.63, 3.8) is 0 Å². The summed E-state index contributed by atoms with van der Waals surface area (Å²) in [6, 6.07) is 5.07. The van der Waals surface area contributed by atoms with E-state index in [1.807, 2.05) is 0 Å². The second-order valence-electron chi connectivity index (χ2n) is 3.93. The summed E-state index contributed by atoms with van der Waals surface area (Å²) in [5, 5.41) is 4.31. The summed E-state index contributed by atoms with van der Waals surface area (Å²) in [5.74, 6) is 0. The molecule has 0 saturated heterocycles. The first-order valence-electron chi connectivity index (χ1n) is 5.51. The molecular formula is C12H6Cl2F2N4. The van der Waals surface area contributed by atoms with E-state index in [0.717, 1.165) is 0 Å². The van der Waals surface area contributed by atoms with E-state index in [1.54, 1.807) is 28.9 Å². The Kier molecular flexibility index (Phi) is 3.27. The van der Waals surface area contributed by atoms with Gasteiger partial charge < -0.3 is 0 Å². The largest absolute Gasteiger partial charge is 0.283 e. The highest BCUT2D eigenvalue weighted by atomic mass is 35.5. The van der Waals surface area contributed by atoms with Gasteiger partial charge in [0.25, 0.3) is 6.43 Å². The van der Waals surface area contributed by atoms with Crippen LogP contribution >= 0.6 is 23.2 Å². The average molecular weight is 315 g/mol. The zero-order valence-electron chi connectivity index (χ0n) is 9.76. The first-order valence-corrected chi connectivity index (χ1v) is 6.26. The molecule has 0 aliphatic carbocycles. The van der Waals surface area contributed by atoms with Crippen LogP contribution in [-0.2, 0) is 0 Å². The Morgan fingerprint density at radius 1 is 1.15 bits per heavy atom. The monoisotopic (exact) mass is 314 g/mol. The molecule has 0 unspecified atom stereocenters. The molecule has 0 aliphatic heterocycles. The maximum absolute atomic E-state index is 12.6. The molecule has 0 aliphatic rings. The van der Waals surface area contributed by atoms with Crippen molar-refractivity contribution in [2.75, 3.05) is 0 Å². The Balaban J connectivity index is 2.19. The van der Waals surface area contributed by atoms with Gasteiger partial charge in [-0.05, 0) is 18.2 Å². The maximum Gasteiger partial charge on any atom is 0.283 e. The van der Waals surface area contributed by atoms with E-state index in [1.165, 1.54) is 6.20 Å². The minimum absolute atomic E-state index is 0.326. The predicted octanol–water partition coefficient (Wildman–Crippen LogP) is 4.04. The van der Waals surface area contributed by atoms with Gasteiger partial charge in [0, 0.05) is 0 Å². The van der Waals surface area contributed by atoms with Gasteiger partial charge in [-0.2, -0.15) is 5.10 Å². The fourth-order valence-electron chi connectivity index (χ4n) is 1.82. The van der Waals surface area contributed by atoms with Crippen molar-refractivity contribution in [3.05, 3.63) is 46.5 Å². The zero-order valence-corrected chi connectivity index (χ0v) is 11.3. The van der Waals surface area contributed by atoms with Gasteiger partial charge in [0.05, 0.1) is 28.6 Å². The lowest BCUT2D eigenvalue weighted by atomic mass is 10.2. The maximum atomic E-state index is 12.6. The third-order valence-electron chi connectivity index (χ3n) is 2.73. The van der Waals surface area contributed by atoms with Crippen molar-refractivity contribution < 1.29 is 8.78 Å². The van der Waals surface area contributed by atoms with E-state index in [4.69, 9.17) is 23.2 Å².